The molecular weight excluding hydrogens is 338 g/mol. The lowest BCUT2D eigenvalue weighted by atomic mass is 10.2. The van der Waals surface area contributed by atoms with Gasteiger partial charge in [-0.3, -0.25) is 0 Å². The second kappa shape index (κ2) is 6.48. The van der Waals surface area contributed by atoms with Gasteiger partial charge in [-0.15, -0.1) is 0 Å². The third-order valence-electron chi connectivity index (χ3n) is 3.84. The fourth-order valence-electron chi connectivity index (χ4n) is 2.56. The maximum Gasteiger partial charge on any atom is 0.340 e. The zero-order chi connectivity index (χ0) is 18.2. The van der Waals surface area contributed by atoms with Gasteiger partial charge in [0, 0.05) is 18.0 Å². The van der Waals surface area contributed by atoms with Crippen molar-refractivity contribution in [2.24, 2.45) is 5.92 Å². The minimum absolute atomic E-state index is 0.0519. The van der Waals surface area contributed by atoms with Crippen LogP contribution in [-0.4, -0.2) is 23.2 Å². The van der Waals surface area contributed by atoms with E-state index >= 15 is 0 Å². The van der Waals surface area contributed by atoms with Crippen molar-refractivity contribution < 1.29 is 12.6 Å². The summed E-state index contributed by atoms with van der Waals surface area (Å²) in [5.41, 5.74) is 2.48. The highest BCUT2D eigenvalue weighted by atomic mass is 32.2. The van der Waals surface area contributed by atoms with Gasteiger partial charge in [0.15, 0.2) is 5.65 Å². The van der Waals surface area contributed by atoms with Crippen LogP contribution in [0.1, 0.15) is 25.0 Å². The zero-order valence-electron chi connectivity index (χ0n) is 14.7. The first kappa shape index (κ1) is 17.4. The normalized spacial score (nSPS) is 12.0. The van der Waals surface area contributed by atoms with E-state index in [0.717, 1.165) is 16.5 Å². The van der Waals surface area contributed by atoms with Gasteiger partial charge in [0.25, 0.3) is 0 Å². The number of nitrogens with zero attached hydrogens (tertiary/aromatic N) is 3. The maximum atomic E-state index is 12.5. The quantitative estimate of drug-likeness (QED) is 0.652. The SMILES string of the molecule is Cc1ccc(S(=O)(=O)Oc2cc(C)c3cnn(CC(C)C)c3n2)cc1. The van der Waals surface area contributed by atoms with Crippen molar-refractivity contribution in [2.45, 2.75) is 39.1 Å². The predicted octanol–water partition coefficient (Wildman–Crippen LogP) is 3.47. The number of fused-ring (bicyclic) bond motifs is 1. The summed E-state index contributed by atoms with van der Waals surface area (Å²) in [6.45, 7) is 8.65. The Kier molecular flexibility index (Phi) is 4.51. The van der Waals surface area contributed by atoms with Crippen LogP contribution in [0.15, 0.2) is 41.4 Å². The van der Waals surface area contributed by atoms with E-state index in [-0.39, 0.29) is 10.8 Å². The van der Waals surface area contributed by atoms with E-state index in [2.05, 4.69) is 23.9 Å². The summed E-state index contributed by atoms with van der Waals surface area (Å²) in [5, 5.41) is 5.24. The average molecular weight is 359 g/mol. The highest BCUT2D eigenvalue weighted by Crippen LogP contribution is 2.24. The maximum absolute atomic E-state index is 12.5. The molecule has 3 rings (SSSR count). The highest BCUT2D eigenvalue weighted by Gasteiger charge is 2.19. The van der Waals surface area contributed by atoms with Gasteiger partial charge in [-0.25, -0.2) is 4.68 Å². The molecule has 0 saturated carbocycles. The number of aromatic nitrogens is 3. The molecule has 0 amide bonds. The number of hydrogen-bond donors (Lipinski definition) is 0. The molecule has 3 aromatic rings. The molecule has 0 aliphatic carbocycles. The molecule has 0 unspecified atom stereocenters. The molecule has 0 saturated heterocycles. The summed E-state index contributed by atoms with van der Waals surface area (Å²) in [4.78, 5) is 4.48. The number of pyridine rings is 1. The lowest BCUT2D eigenvalue weighted by molar-refractivity contribution is 0.471. The number of benzene rings is 1. The molecule has 132 valence electrons. The molecule has 2 aromatic heterocycles. The van der Waals surface area contributed by atoms with E-state index in [9.17, 15) is 8.42 Å². The van der Waals surface area contributed by atoms with Crippen LogP contribution in [0.4, 0.5) is 0 Å². The van der Waals surface area contributed by atoms with Gasteiger partial charge in [0.05, 0.1) is 6.20 Å². The number of hydrogen-bond acceptors (Lipinski definition) is 5. The van der Waals surface area contributed by atoms with Crippen molar-refractivity contribution in [3.05, 3.63) is 47.7 Å². The van der Waals surface area contributed by atoms with E-state index in [4.69, 9.17) is 4.18 Å². The average Bonchev–Trinajstić information content (AvgIpc) is 2.90. The fraction of sp³-hybridized carbons (Fsp3) is 0.333. The van der Waals surface area contributed by atoms with Crippen LogP contribution in [0.5, 0.6) is 5.88 Å². The van der Waals surface area contributed by atoms with Crippen LogP contribution in [0.25, 0.3) is 11.0 Å². The summed E-state index contributed by atoms with van der Waals surface area (Å²) in [6, 6.07) is 8.14. The molecule has 0 N–H and O–H groups in total. The minimum Gasteiger partial charge on any atom is -0.358 e. The Bertz CT molecular complexity index is 1010. The Morgan fingerprint density at radius 2 is 1.84 bits per heavy atom. The van der Waals surface area contributed by atoms with Gasteiger partial charge in [-0.1, -0.05) is 31.5 Å². The minimum atomic E-state index is -3.93. The largest absolute Gasteiger partial charge is 0.358 e. The molecule has 0 aliphatic rings. The molecule has 0 spiro atoms. The van der Waals surface area contributed by atoms with Crippen LogP contribution in [0, 0.1) is 19.8 Å². The molecule has 25 heavy (non-hydrogen) atoms. The third-order valence-corrected chi connectivity index (χ3v) is 5.08. The van der Waals surface area contributed by atoms with Crippen molar-refractivity contribution >= 4 is 21.2 Å². The second-order valence-corrected chi connectivity index (χ2v) is 8.13. The van der Waals surface area contributed by atoms with Crippen LogP contribution in [-0.2, 0) is 16.7 Å². The Morgan fingerprint density at radius 1 is 1.16 bits per heavy atom. The molecule has 0 radical (unpaired) electrons. The van der Waals surface area contributed by atoms with Crippen molar-refractivity contribution in [1.29, 1.82) is 0 Å². The smallest absolute Gasteiger partial charge is 0.340 e. The first-order valence-electron chi connectivity index (χ1n) is 8.10. The van der Waals surface area contributed by atoms with Crippen LogP contribution in [0.3, 0.4) is 0 Å². The fourth-order valence-corrected chi connectivity index (χ4v) is 3.44. The van der Waals surface area contributed by atoms with Crippen LogP contribution in [0.2, 0.25) is 0 Å². The summed E-state index contributed by atoms with van der Waals surface area (Å²) in [5.74, 6) is 0.446. The van der Waals surface area contributed by atoms with Crippen molar-refractivity contribution in [2.75, 3.05) is 0 Å². The Morgan fingerprint density at radius 3 is 2.48 bits per heavy atom. The molecule has 0 aliphatic heterocycles. The Hall–Kier alpha value is -2.41. The third kappa shape index (κ3) is 3.66. The predicted molar refractivity (Wildman–Crippen MR) is 96.1 cm³/mol. The monoisotopic (exact) mass is 359 g/mol. The van der Waals surface area contributed by atoms with E-state index in [1.807, 2.05) is 13.8 Å². The number of rotatable bonds is 5. The van der Waals surface area contributed by atoms with E-state index in [1.165, 1.54) is 12.1 Å². The van der Waals surface area contributed by atoms with Gasteiger partial charge in [0.2, 0.25) is 5.88 Å². The molecule has 1 aromatic carbocycles. The second-order valence-electron chi connectivity index (χ2n) is 6.59. The van der Waals surface area contributed by atoms with Crippen molar-refractivity contribution in [3.8, 4) is 5.88 Å². The number of aryl methyl sites for hydroxylation is 2. The Balaban J connectivity index is 1.99. The highest BCUT2D eigenvalue weighted by molar-refractivity contribution is 7.87. The first-order valence-corrected chi connectivity index (χ1v) is 9.51. The van der Waals surface area contributed by atoms with E-state index in [1.54, 1.807) is 29.1 Å². The van der Waals surface area contributed by atoms with Crippen molar-refractivity contribution in [1.82, 2.24) is 14.8 Å². The summed E-state index contributed by atoms with van der Waals surface area (Å²) in [6.07, 6.45) is 1.75. The molecule has 7 heteroatoms. The molecule has 6 nitrogen and oxygen atoms in total. The molecule has 2 heterocycles. The standard InChI is InChI=1S/C18H21N3O3S/c1-12(2)11-21-18-16(10-19-21)14(4)9-17(20-18)24-25(22,23)15-7-5-13(3)6-8-15/h5-10,12H,11H2,1-4H3. The van der Waals surface area contributed by atoms with Gasteiger partial charge in [-0.2, -0.15) is 18.5 Å². The van der Waals surface area contributed by atoms with Crippen LogP contribution < -0.4 is 4.18 Å². The molecule has 0 bridgehead atoms. The summed E-state index contributed by atoms with van der Waals surface area (Å²) in [7, 11) is -3.93. The van der Waals surface area contributed by atoms with Crippen molar-refractivity contribution in [3.63, 3.8) is 0 Å². The zero-order valence-corrected chi connectivity index (χ0v) is 15.5. The summed E-state index contributed by atoms with van der Waals surface area (Å²) >= 11 is 0. The van der Waals surface area contributed by atoms with Gasteiger partial charge in [0.1, 0.15) is 4.90 Å². The van der Waals surface area contributed by atoms with E-state index < -0.39 is 10.1 Å². The Labute approximate surface area is 147 Å². The molecule has 0 atom stereocenters. The molecular formula is C18H21N3O3S. The van der Waals surface area contributed by atoms with Crippen LogP contribution >= 0.6 is 0 Å². The van der Waals surface area contributed by atoms with Gasteiger partial charge < -0.3 is 4.18 Å². The first-order chi connectivity index (χ1) is 11.8. The topological polar surface area (TPSA) is 74.1 Å². The van der Waals surface area contributed by atoms with Gasteiger partial charge in [-0.05, 0) is 37.5 Å². The lowest BCUT2D eigenvalue weighted by Gasteiger charge is -2.09. The van der Waals surface area contributed by atoms with E-state index in [0.29, 0.717) is 18.1 Å². The van der Waals surface area contributed by atoms with Gasteiger partial charge >= 0.3 is 10.1 Å². The lowest BCUT2D eigenvalue weighted by Crippen LogP contribution is -2.12. The molecule has 0 fully saturated rings. The summed E-state index contributed by atoms with van der Waals surface area (Å²) < 4.78 is 32.0.